The second-order valence-corrected chi connectivity index (χ2v) is 8.25. The van der Waals surface area contributed by atoms with Crippen LogP contribution in [0.2, 0.25) is 0 Å². The molecular weight excluding hydrogens is 370 g/mol. The third-order valence-electron chi connectivity index (χ3n) is 5.89. The summed E-state index contributed by atoms with van der Waals surface area (Å²) in [6.07, 6.45) is 7.32. The first-order chi connectivity index (χ1) is 11.7. The molecule has 1 aromatic rings. The van der Waals surface area contributed by atoms with E-state index in [0.717, 1.165) is 29.4 Å². The van der Waals surface area contributed by atoms with E-state index < -0.39 is 0 Å². The van der Waals surface area contributed by atoms with Crippen LogP contribution in [0, 0.1) is 11.8 Å². The van der Waals surface area contributed by atoms with Gasteiger partial charge in [0, 0.05) is 42.9 Å². The summed E-state index contributed by atoms with van der Waals surface area (Å²) < 4.78 is 5.74. The SMILES string of the molecule is COC(=O)c1cc(Br)cnc1N1CC2CN(C3CCCC3)CC2C1. The van der Waals surface area contributed by atoms with Crippen LogP contribution in [0.5, 0.6) is 0 Å². The maximum atomic E-state index is 12.1. The van der Waals surface area contributed by atoms with E-state index in [9.17, 15) is 4.79 Å². The highest BCUT2D eigenvalue weighted by Gasteiger charge is 2.43. The van der Waals surface area contributed by atoms with Gasteiger partial charge in [-0.1, -0.05) is 12.8 Å². The second-order valence-electron chi connectivity index (χ2n) is 7.33. The molecule has 0 amide bonds. The Labute approximate surface area is 151 Å². The summed E-state index contributed by atoms with van der Waals surface area (Å²) in [6.45, 7) is 4.39. The normalized spacial score (nSPS) is 27.7. The molecule has 0 N–H and O–H groups in total. The number of pyridine rings is 1. The van der Waals surface area contributed by atoms with E-state index in [1.165, 1.54) is 45.9 Å². The van der Waals surface area contributed by atoms with Crippen molar-refractivity contribution in [3.05, 3.63) is 22.3 Å². The number of likely N-dealkylation sites (tertiary alicyclic amines) is 1. The van der Waals surface area contributed by atoms with Gasteiger partial charge in [0.1, 0.15) is 11.4 Å². The molecule has 4 rings (SSSR count). The molecule has 5 nitrogen and oxygen atoms in total. The number of rotatable bonds is 3. The number of hydrogen-bond acceptors (Lipinski definition) is 5. The Bertz CT molecular complexity index is 619. The molecule has 0 bridgehead atoms. The molecule has 2 atom stereocenters. The average Bonchev–Trinajstić information content (AvgIpc) is 3.28. The van der Waals surface area contributed by atoms with Gasteiger partial charge >= 0.3 is 5.97 Å². The predicted octanol–water partition coefficient (Wildman–Crippen LogP) is 2.94. The number of anilines is 1. The Hall–Kier alpha value is -1.14. The van der Waals surface area contributed by atoms with Gasteiger partial charge in [-0.2, -0.15) is 0 Å². The van der Waals surface area contributed by atoms with Crippen molar-refractivity contribution in [1.29, 1.82) is 0 Å². The number of carbonyl (C=O) groups excluding carboxylic acids is 1. The van der Waals surface area contributed by atoms with Crippen molar-refractivity contribution in [2.45, 2.75) is 31.7 Å². The Morgan fingerprint density at radius 3 is 2.50 bits per heavy atom. The lowest BCUT2D eigenvalue weighted by atomic mass is 10.0. The number of nitrogens with zero attached hydrogens (tertiary/aromatic N) is 3. The molecule has 3 heterocycles. The summed E-state index contributed by atoms with van der Waals surface area (Å²) in [5, 5.41) is 0. The smallest absolute Gasteiger partial charge is 0.341 e. The quantitative estimate of drug-likeness (QED) is 0.738. The minimum Gasteiger partial charge on any atom is -0.465 e. The van der Waals surface area contributed by atoms with Gasteiger partial charge in [0.15, 0.2) is 0 Å². The fraction of sp³-hybridized carbons (Fsp3) is 0.667. The third kappa shape index (κ3) is 2.94. The highest BCUT2D eigenvalue weighted by molar-refractivity contribution is 9.10. The lowest BCUT2D eigenvalue weighted by molar-refractivity contribution is 0.0601. The van der Waals surface area contributed by atoms with Crippen LogP contribution >= 0.6 is 15.9 Å². The highest BCUT2D eigenvalue weighted by atomic mass is 79.9. The topological polar surface area (TPSA) is 45.7 Å². The van der Waals surface area contributed by atoms with Crippen molar-refractivity contribution in [1.82, 2.24) is 9.88 Å². The standard InChI is InChI=1S/C18H24BrN3O2/c1-24-18(23)16-6-14(19)7-20-17(16)22-10-12-8-21(9-13(12)11-22)15-4-2-3-5-15/h6-7,12-13,15H,2-5,8-11H2,1H3. The predicted molar refractivity (Wildman–Crippen MR) is 96.3 cm³/mol. The molecule has 2 saturated heterocycles. The lowest BCUT2D eigenvalue weighted by Crippen LogP contribution is -2.35. The van der Waals surface area contributed by atoms with Gasteiger partial charge < -0.3 is 9.64 Å². The number of halogens is 1. The molecule has 1 aliphatic carbocycles. The Morgan fingerprint density at radius 1 is 1.21 bits per heavy atom. The highest BCUT2D eigenvalue weighted by Crippen LogP contribution is 2.38. The second kappa shape index (κ2) is 6.64. The summed E-state index contributed by atoms with van der Waals surface area (Å²) in [4.78, 5) is 21.6. The zero-order chi connectivity index (χ0) is 16.7. The molecule has 0 radical (unpaired) electrons. The maximum Gasteiger partial charge on any atom is 0.341 e. The molecule has 0 aromatic carbocycles. The maximum absolute atomic E-state index is 12.1. The summed E-state index contributed by atoms with van der Waals surface area (Å²) in [6, 6.07) is 2.63. The van der Waals surface area contributed by atoms with Gasteiger partial charge in [-0.3, -0.25) is 4.90 Å². The van der Waals surface area contributed by atoms with Gasteiger partial charge in [-0.25, -0.2) is 9.78 Å². The molecule has 3 aliphatic rings. The van der Waals surface area contributed by atoms with Crippen molar-refractivity contribution in [3.8, 4) is 0 Å². The van der Waals surface area contributed by atoms with Gasteiger partial charge in [0.2, 0.25) is 0 Å². The molecular formula is C18H24BrN3O2. The van der Waals surface area contributed by atoms with Crippen molar-refractivity contribution in [3.63, 3.8) is 0 Å². The van der Waals surface area contributed by atoms with Gasteiger partial charge in [0.05, 0.1) is 7.11 Å². The Morgan fingerprint density at radius 2 is 1.88 bits per heavy atom. The summed E-state index contributed by atoms with van der Waals surface area (Å²) in [7, 11) is 1.42. The number of esters is 1. The first kappa shape index (κ1) is 16.3. The van der Waals surface area contributed by atoms with Crippen LogP contribution in [0.1, 0.15) is 36.0 Å². The van der Waals surface area contributed by atoms with Crippen LogP contribution in [0.25, 0.3) is 0 Å². The molecule has 2 unspecified atom stereocenters. The fourth-order valence-electron chi connectivity index (χ4n) is 4.71. The molecule has 0 spiro atoms. The zero-order valence-corrected chi connectivity index (χ0v) is 15.7. The van der Waals surface area contributed by atoms with Gasteiger partial charge in [-0.05, 0) is 46.7 Å². The van der Waals surface area contributed by atoms with Crippen LogP contribution in [0.3, 0.4) is 0 Å². The minimum absolute atomic E-state index is 0.316. The summed E-state index contributed by atoms with van der Waals surface area (Å²) in [5.41, 5.74) is 0.555. The van der Waals surface area contributed by atoms with E-state index in [-0.39, 0.29) is 5.97 Å². The molecule has 1 saturated carbocycles. The molecule has 24 heavy (non-hydrogen) atoms. The fourth-order valence-corrected chi connectivity index (χ4v) is 5.05. The minimum atomic E-state index is -0.316. The van der Waals surface area contributed by atoms with Crippen molar-refractivity contribution in [2.24, 2.45) is 11.8 Å². The molecule has 6 heteroatoms. The number of fused-ring (bicyclic) bond motifs is 1. The van der Waals surface area contributed by atoms with Crippen LogP contribution < -0.4 is 4.90 Å². The van der Waals surface area contributed by atoms with Crippen LogP contribution in [0.4, 0.5) is 5.82 Å². The zero-order valence-electron chi connectivity index (χ0n) is 14.1. The van der Waals surface area contributed by atoms with E-state index in [0.29, 0.717) is 17.4 Å². The summed E-state index contributed by atoms with van der Waals surface area (Å²) >= 11 is 3.40. The van der Waals surface area contributed by atoms with E-state index in [1.54, 1.807) is 6.20 Å². The molecule has 1 aromatic heterocycles. The van der Waals surface area contributed by atoms with E-state index in [1.807, 2.05) is 6.07 Å². The van der Waals surface area contributed by atoms with Crippen molar-refractivity contribution >= 4 is 27.7 Å². The number of hydrogen-bond donors (Lipinski definition) is 0. The first-order valence-electron chi connectivity index (χ1n) is 8.88. The first-order valence-corrected chi connectivity index (χ1v) is 9.68. The van der Waals surface area contributed by atoms with E-state index >= 15 is 0 Å². The van der Waals surface area contributed by atoms with Crippen molar-refractivity contribution in [2.75, 3.05) is 38.2 Å². The molecule has 2 aliphatic heterocycles. The Balaban J connectivity index is 1.48. The van der Waals surface area contributed by atoms with Crippen LogP contribution in [-0.2, 0) is 4.74 Å². The van der Waals surface area contributed by atoms with E-state index in [2.05, 4.69) is 30.7 Å². The lowest BCUT2D eigenvalue weighted by Gasteiger charge is -2.27. The number of aromatic nitrogens is 1. The summed E-state index contributed by atoms with van der Waals surface area (Å²) in [5.74, 6) is 1.85. The largest absolute Gasteiger partial charge is 0.465 e. The number of methoxy groups -OCH3 is 1. The van der Waals surface area contributed by atoms with Gasteiger partial charge in [-0.15, -0.1) is 0 Å². The Kier molecular flexibility index (Phi) is 4.52. The van der Waals surface area contributed by atoms with E-state index in [4.69, 9.17) is 4.74 Å². The average molecular weight is 394 g/mol. The van der Waals surface area contributed by atoms with Gasteiger partial charge in [0.25, 0.3) is 0 Å². The number of ether oxygens (including phenoxy) is 1. The number of carbonyl (C=O) groups is 1. The molecule has 130 valence electrons. The molecule has 3 fully saturated rings. The van der Waals surface area contributed by atoms with Crippen LogP contribution in [-0.4, -0.2) is 55.2 Å². The van der Waals surface area contributed by atoms with Crippen molar-refractivity contribution < 1.29 is 9.53 Å². The monoisotopic (exact) mass is 393 g/mol. The van der Waals surface area contributed by atoms with Crippen LogP contribution in [0.15, 0.2) is 16.7 Å². The third-order valence-corrected chi connectivity index (χ3v) is 6.33.